The van der Waals surface area contributed by atoms with Crippen LogP contribution < -0.4 is 5.73 Å². The molecular formula is C9H14N2O2S. The van der Waals surface area contributed by atoms with E-state index in [0.29, 0.717) is 0 Å². The second kappa shape index (κ2) is 5.07. The number of carboxylic acids is 1. The maximum atomic E-state index is 10.4. The van der Waals surface area contributed by atoms with Crippen LogP contribution in [0.4, 0.5) is 0 Å². The molecule has 14 heavy (non-hydrogen) atoms. The summed E-state index contributed by atoms with van der Waals surface area (Å²) in [6.45, 7) is 2.08. The van der Waals surface area contributed by atoms with E-state index in [1.165, 1.54) is 11.3 Å². The number of carboxylic acid groups (broad SMARTS) is 1. The topological polar surface area (TPSA) is 76.2 Å². The van der Waals surface area contributed by atoms with Gasteiger partial charge in [0.1, 0.15) is 5.01 Å². The number of aromatic nitrogens is 1. The molecule has 0 fully saturated rings. The van der Waals surface area contributed by atoms with E-state index >= 15 is 0 Å². The Morgan fingerprint density at radius 1 is 1.79 bits per heavy atom. The van der Waals surface area contributed by atoms with E-state index in [-0.39, 0.29) is 6.42 Å². The van der Waals surface area contributed by atoms with Crippen LogP contribution in [0.3, 0.4) is 0 Å². The van der Waals surface area contributed by atoms with E-state index in [4.69, 9.17) is 10.8 Å². The molecule has 4 nitrogen and oxygen atoms in total. The Morgan fingerprint density at radius 2 is 2.50 bits per heavy atom. The molecule has 0 radical (unpaired) electrons. The predicted octanol–water partition coefficient (Wildman–Crippen LogP) is 1.57. The Kier molecular flexibility index (Phi) is 4.03. The summed E-state index contributed by atoms with van der Waals surface area (Å²) in [6.07, 6.45) is 1.91. The van der Waals surface area contributed by atoms with Crippen LogP contribution in [0.1, 0.15) is 36.5 Å². The standard InChI is InChI=1S/C9H14N2O2S/c1-2-3-6-5-14-9(11-6)7(10)4-8(12)13/h5,7H,2-4,10H2,1H3,(H,12,13). The normalized spacial score (nSPS) is 12.7. The third-order valence-electron chi connectivity index (χ3n) is 1.79. The first-order valence-corrected chi connectivity index (χ1v) is 5.43. The second-order valence-corrected chi connectivity index (χ2v) is 4.02. The number of thiazole rings is 1. The number of nitrogens with zero attached hydrogens (tertiary/aromatic N) is 1. The average molecular weight is 214 g/mol. The number of rotatable bonds is 5. The van der Waals surface area contributed by atoms with Crippen LogP contribution in [0.2, 0.25) is 0 Å². The maximum Gasteiger partial charge on any atom is 0.305 e. The van der Waals surface area contributed by atoms with Gasteiger partial charge in [-0.1, -0.05) is 13.3 Å². The molecule has 0 saturated carbocycles. The summed E-state index contributed by atoms with van der Waals surface area (Å²) < 4.78 is 0. The number of hydrogen-bond acceptors (Lipinski definition) is 4. The third kappa shape index (κ3) is 3.08. The zero-order valence-electron chi connectivity index (χ0n) is 8.06. The van der Waals surface area contributed by atoms with E-state index in [1.807, 2.05) is 5.38 Å². The van der Waals surface area contributed by atoms with Crippen molar-refractivity contribution in [3.05, 3.63) is 16.1 Å². The molecular weight excluding hydrogens is 200 g/mol. The van der Waals surface area contributed by atoms with Crippen LogP contribution >= 0.6 is 11.3 Å². The number of aliphatic carboxylic acids is 1. The van der Waals surface area contributed by atoms with Gasteiger partial charge in [-0.3, -0.25) is 4.79 Å². The van der Waals surface area contributed by atoms with Crippen molar-refractivity contribution in [1.82, 2.24) is 4.98 Å². The van der Waals surface area contributed by atoms with Crippen LogP contribution in [0.25, 0.3) is 0 Å². The summed E-state index contributed by atoms with van der Waals surface area (Å²) in [5.74, 6) is -0.884. The zero-order chi connectivity index (χ0) is 10.6. The van der Waals surface area contributed by atoms with Gasteiger partial charge < -0.3 is 10.8 Å². The third-order valence-corrected chi connectivity index (χ3v) is 2.81. The molecule has 0 aliphatic carbocycles. The largest absolute Gasteiger partial charge is 0.481 e. The van der Waals surface area contributed by atoms with Gasteiger partial charge in [-0.25, -0.2) is 4.98 Å². The van der Waals surface area contributed by atoms with Crippen molar-refractivity contribution in [2.75, 3.05) is 0 Å². The Labute approximate surface area is 86.8 Å². The zero-order valence-corrected chi connectivity index (χ0v) is 8.88. The molecule has 0 bridgehead atoms. The molecule has 0 aliphatic rings. The van der Waals surface area contributed by atoms with Gasteiger partial charge >= 0.3 is 5.97 Å². The van der Waals surface area contributed by atoms with Crippen molar-refractivity contribution >= 4 is 17.3 Å². The minimum absolute atomic E-state index is 0.0565. The number of nitrogens with two attached hydrogens (primary N) is 1. The molecule has 0 amide bonds. The summed E-state index contributed by atoms with van der Waals surface area (Å²) in [6, 6.07) is -0.469. The Bertz CT molecular complexity index is 312. The molecule has 3 N–H and O–H groups in total. The first kappa shape index (κ1) is 11.1. The van der Waals surface area contributed by atoms with E-state index in [0.717, 1.165) is 23.5 Å². The van der Waals surface area contributed by atoms with Gasteiger partial charge in [0, 0.05) is 5.38 Å². The van der Waals surface area contributed by atoms with Gasteiger partial charge in [0.2, 0.25) is 0 Å². The van der Waals surface area contributed by atoms with Gasteiger partial charge in [0.25, 0.3) is 0 Å². The number of carbonyl (C=O) groups is 1. The summed E-state index contributed by atoms with van der Waals surface area (Å²) in [5.41, 5.74) is 6.68. The van der Waals surface area contributed by atoms with Crippen molar-refractivity contribution < 1.29 is 9.90 Å². The molecule has 5 heteroatoms. The number of hydrogen-bond donors (Lipinski definition) is 2. The fourth-order valence-electron chi connectivity index (χ4n) is 1.14. The highest BCUT2D eigenvalue weighted by Gasteiger charge is 2.14. The Balaban J connectivity index is 2.61. The summed E-state index contributed by atoms with van der Waals surface area (Å²) in [7, 11) is 0. The summed E-state index contributed by atoms with van der Waals surface area (Å²) in [5, 5.41) is 11.2. The highest BCUT2D eigenvalue weighted by atomic mass is 32.1. The van der Waals surface area contributed by atoms with E-state index in [9.17, 15) is 4.79 Å². The fraction of sp³-hybridized carbons (Fsp3) is 0.556. The second-order valence-electron chi connectivity index (χ2n) is 3.13. The van der Waals surface area contributed by atoms with Gasteiger partial charge in [-0.2, -0.15) is 0 Å². The van der Waals surface area contributed by atoms with Crippen molar-refractivity contribution in [2.45, 2.75) is 32.2 Å². The molecule has 1 unspecified atom stereocenters. The van der Waals surface area contributed by atoms with E-state index in [2.05, 4.69) is 11.9 Å². The monoisotopic (exact) mass is 214 g/mol. The minimum Gasteiger partial charge on any atom is -0.481 e. The van der Waals surface area contributed by atoms with Crippen molar-refractivity contribution in [3.8, 4) is 0 Å². The predicted molar refractivity (Wildman–Crippen MR) is 55.3 cm³/mol. The fourth-order valence-corrected chi connectivity index (χ4v) is 1.99. The molecule has 1 rings (SSSR count). The molecule has 0 saturated heterocycles. The molecule has 1 atom stereocenters. The lowest BCUT2D eigenvalue weighted by Gasteiger charge is -2.03. The lowest BCUT2D eigenvalue weighted by Crippen LogP contribution is -2.14. The highest BCUT2D eigenvalue weighted by molar-refractivity contribution is 7.09. The number of aryl methyl sites for hydroxylation is 1. The lowest BCUT2D eigenvalue weighted by atomic mass is 10.2. The smallest absolute Gasteiger partial charge is 0.305 e. The van der Waals surface area contributed by atoms with Crippen LogP contribution in [0, 0.1) is 0 Å². The van der Waals surface area contributed by atoms with Crippen LogP contribution in [0.5, 0.6) is 0 Å². The Hall–Kier alpha value is -0.940. The molecule has 0 aliphatic heterocycles. The Morgan fingerprint density at radius 3 is 3.07 bits per heavy atom. The summed E-state index contributed by atoms with van der Waals surface area (Å²) >= 11 is 1.44. The molecule has 1 heterocycles. The van der Waals surface area contributed by atoms with Gasteiger partial charge in [-0.05, 0) is 6.42 Å². The SMILES string of the molecule is CCCc1csc(C(N)CC(=O)O)n1. The first-order chi connectivity index (χ1) is 6.63. The molecule has 1 aromatic rings. The van der Waals surface area contributed by atoms with Crippen LogP contribution in [-0.4, -0.2) is 16.1 Å². The minimum atomic E-state index is -0.884. The molecule has 0 spiro atoms. The van der Waals surface area contributed by atoms with Gasteiger partial charge in [-0.15, -0.1) is 11.3 Å². The van der Waals surface area contributed by atoms with Gasteiger partial charge in [0.15, 0.2) is 0 Å². The van der Waals surface area contributed by atoms with Crippen molar-refractivity contribution in [3.63, 3.8) is 0 Å². The average Bonchev–Trinajstić information content (AvgIpc) is 2.52. The molecule has 0 aromatic carbocycles. The van der Waals surface area contributed by atoms with E-state index < -0.39 is 12.0 Å². The maximum absolute atomic E-state index is 10.4. The van der Waals surface area contributed by atoms with Crippen LogP contribution in [-0.2, 0) is 11.2 Å². The first-order valence-electron chi connectivity index (χ1n) is 4.55. The van der Waals surface area contributed by atoms with Crippen molar-refractivity contribution in [2.24, 2.45) is 5.73 Å². The lowest BCUT2D eigenvalue weighted by molar-refractivity contribution is -0.137. The van der Waals surface area contributed by atoms with Crippen LogP contribution in [0.15, 0.2) is 5.38 Å². The molecule has 78 valence electrons. The summed E-state index contributed by atoms with van der Waals surface area (Å²) in [4.78, 5) is 14.7. The molecule has 1 aromatic heterocycles. The van der Waals surface area contributed by atoms with E-state index in [1.54, 1.807) is 0 Å². The van der Waals surface area contributed by atoms with Crippen molar-refractivity contribution in [1.29, 1.82) is 0 Å². The van der Waals surface area contributed by atoms with Gasteiger partial charge in [0.05, 0.1) is 18.2 Å². The highest BCUT2D eigenvalue weighted by Crippen LogP contribution is 2.19. The quantitative estimate of drug-likeness (QED) is 0.780.